The molecule has 1 aromatic heterocycles. The zero-order chi connectivity index (χ0) is 23.4. The number of carbonyl (C=O) groups is 2. The normalized spacial score (nSPS) is 10.7. The van der Waals surface area contributed by atoms with Crippen molar-refractivity contribution in [3.63, 3.8) is 0 Å². The summed E-state index contributed by atoms with van der Waals surface area (Å²) in [5.74, 6) is 0.583. The molecule has 0 fully saturated rings. The lowest BCUT2D eigenvalue weighted by Gasteiger charge is -2.13. The second-order valence-corrected chi connectivity index (χ2v) is 7.52. The lowest BCUT2D eigenvalue weighted by Crippen LogP contribution is -2.31. The third kappa shape index (κ3) is 4.67. The predicted octanol–water partition coefficient (Wildman–Crippen LogP) is 4.03. The molecule has 7 nitrogen and oxygen atoms in total. The smallest absolute Gasteiger partial charge is 0.268 e. The van der Waals surface area contributed by atoms with Crippen LogP contribution in [0, 0.1) is 0 Å². The summed E-state index contributed by atoms with van der Waals surface area (Å²) in [4.78, 5) is 25.6. The van der Waals surface area contributed by atoms with E-state index >= 15 is 0 Å². The molecule has 0 aliphatic carbocycles. The maximum Gasteiger partial charge on any atom is 0.268 e. The minimum Gasteiger partial charge on any atom is -0.508 e. The fraction of sp³-hybridized carbons (Fsp3) is 0.154. The van der Waals surface area contributed by atoms with Gasteiger partial charge in [-0.25, -0.2) is 0 Å². The van der Waals surface area contributed by atoms with Gasteiger partial charge in [0, 0.05) is 23.6 Å². The lowest BCUT2D eigenvalue weighted by molar-refractivity contribution is 0.0898. The van der Waals surface area contributed by atoms with Crippen molar-refractivity contribution in [1.82, 2.24) is 9.88 Å². The lowest BCUT2D eigenvalue weighted by atomic mass is 10.1. The van der Waals surface area contributed by atoms with Crippen LogP contribution in [-0.2, 0) is 6.54 Å². The van der Waals surface area contributed by atoms with Gasteiger partial charge in [0.15, 0.2) is 17.3 Å². The molecule has 1 heterocycles. The number of hydrogen-bond donors (Lipinski definition) is 2. The molecule has 4 rings (SSSR count). The van der Waals surface area contributed by atoms with E-state index in [0.717, 1.165) is 16.5 Å². The number of ether oxygens (including phenoxy) is 2. The van der Waals surface area contributed by atoms with Crippen molar-refractivity contribution in [2.24, 2.45) is 0 Å². The van der Waals surface area contributed by atoms with Gasteiger partial charge in [0.2, 0.25) is 0 Å². The maximum atomic E-state index is 13.1. The summed E-state index contributed by atoms with van der Waals surface area (Å²) in [5, 5.41) is 12.9. The average molecular weight is 444 g/mol. The molecule has 1 amide bonds. The van der Waals surface area contributed by atoms with Crippen molar-refractivity contribution in [3.8, 4) is 17.2 Å². The standard InChI is InChI=1S/C26H24N2O5/c1-32-24-13-19-12-22(26(31)27-15-23(30)18-8-10-20(29)11-9-18)28(21(19)14-25(24)33-2)16-17-6-4-3-5-7-17/h3-14,29H,15-16H2,1-2H3,(H,27,31). The number of hydrogen-bond acceptors (Lipinski definition) is 5. The first-order valence-corrected chi connectivity index (χ1v) is 10.4. The molecule has 3 aromatic carbocycles. The monoisotopic (exact) mass is 444 g/mol. The third-order valence-corrected chi connectivity index (χ3v) is 5.42. The Hall–Kier alpha value is -4.26. The first-order valence-electron chi connectivity index (χ1n) is 10.4. The van der Waals surface area contributed by atoms with E-state index in [1.807, 2.05) is 47.0 Å². The molecule has 0 atom stereocenters. The number of fused-ring (bicyclic) bond motifs is 1. The Bertz CT molecular complexity index is 1290. The molecule has 0 spiro atoms. The Morgan fingerprint density at radius 1 is 0.909 bits per heavy atom. The van der Waals surface area contributed by atoms with Gasteiger partial charge in [-0.1, -0.05) is 30.3 Å². The third-order valence-electron chi connectivity index (χ3n) is 5.42. The molecule has 0 saturated heterocycles. The number of methoxy groups -OCH3 is 2. The van der Waals surface area contributed by atoms with Crippen LogP contribution in [0.4, 0.5) is 0 Å². The first-order chi connectivity index (χ1) is 16.0. The number of phenolic OH excluding ortho intramolecular Hbond substituents is 1. The van der Waals surface area contributed by atoms with Crippen molar-refractivity contribution >= 4 is 22.6 Å². The minimum absolute atomic E-state index is 0.0758. The highest BCUT2D eigenvalue weighted by Crippen LogP contribution is 2.34. The average Bonchev–Trinajstić information content (AvgIpc) is 3.19. The highest BCUT2D eigenvalue weighted by Gasteiger charge is 2.19. The molecular formula is C26H24N2O5. The number of aromatic nitrogens is 1. The number of carbonyl (C=O) groups excluding carboxylic acids is 2. The zero-order valence-electron chi connectivity index (χ0n) is 18.4. The highest BCUT2D eigenvalue weighted by molar-refractivity contribution is 6.04. The van der Waals surface area contributed by atoms with Crippen LogP contribution in [0.2, 0.25) is 0 Å². The number of benzene rings is 3. The van der Waals surface area contributed by atoms with Crippen molar-refractivity contribution in [2.45, 2.75) is 6.54 Å². The predicted molar refractivity (Wildman–Crippen MR) is 125 cm³/mol. The van der Waals surface area contributed by atoms with Crippen LogP contribution in [-0.4, -0.2) is 42.1 Å². The van der Waals surface area contributed by atoms with Crippen molar-refractivity contribution in [2.75, 3.05) is 20.8 Å². The zero-order valence-corrected chi connectivity index (χ0v) is 18.4. The summed E-state index contributed by atoms with van der Waals surface area (Å²) in [7, 11) is 3.13. The van der Waals surface area contributed by atoms with Crippen LogP contribution in [0.1, 0.15) is 26.4 Å². The quantitative estimate of drug-likeness (QED) is 0.401. The summed E-state index contributed by atoms with van der Waals surface area (Å²) < 4.78 is 12.8. The Labute approximate surface area is 191 Å². The first kappa shape index (κ1) is 22.0. The molecule has 4 aromatic rings. The van der Waals surface area contributed by atoms with Crippen LogP contribution < -0.4 is 14.8 Å². The largest absolute Gasteiger partial charge is 0.508 e. The van der Waals surface area contributed by atoms with E-state index in [2.05, 4.69) is 5.32 Å². The van der Waals surface area contributed by atoms with E-state index in [9.17, 15) is 14.7 Å². The van der Waals surface area contributed by atoms with Gasteiger partial charge in [0.25, 0.3) is 5.91 Å². The summed E-state index contributed by atoms with van der Waals surface area (Å²) in [6.07, 6.45) is 0. The van der Waals surface area contributed by atoms with Crippen molar-refractivity contribution in [3.05, 3.63) is 89.6 Å². The van der Waals surface area contributed by atoms with Crippen LogP contribution in [0.5, 0.6) is 17.2 Å². The number of phenols is 1. The van der Waals surface area contributed by atoms with E-state index in [1.165, 1.54) is 24.3 Å². The maximum absolute atomic E-state index is 13.1. The Kier molecular flexibility index (Phi) is 6.31. The summed E-state index contributed by atoms with van der Waals surface area (Å²) in [6.45, 7) is 0.303. The number of Topliss-reactive ketones (excluding diaryl/α,β-unsaturated/α-hetero) is 1. The molecule has 0 saturated carbocycles. The van der Waals surface area contributed by atoms with E-state index in [1.54, 1.807) is 20.3 Å². The molecule has 0 aliphatic rings. The van der Waals surface area contributed by atoms with E-state index in [0.29, 0.717) is 29.3 Å². The van der Waals surface area contributed by atoms with Crippen LogP contribution in [0.3, 0.4) is 0 Å². The second kappa shape index (κ2) is 9.48. The van der Waals surface area contributed by atoms with E-state index < -0.39 is 0 Å². The van der Waals surface area contributed by atoms with Crippen molar-refractivity contribution in [1.29, 1.82) is 0 Å². The molecule has 2 N–H and O–H groups in total. The number of aromatic hydroxyl groups is 1. The molecule has 168 valence electrons. The summed E-state index contributed by atoms with van der Waals surface area (Å²) in [6, 6.07) is 21.2. The van der Waals surface area contributed by atoms with Gasteiger partial charge in [0.1, 0.15) is 11.4 Å². The SMILES string of the molecule is COc1cc2cc(C(=O)NCC(=O)c3ccc(O)cc3)n(Cc3ccccc3)c2cc1OC. The Balaban J connectivity index is 1.67. The van der Waals surface area contributed by atoms with E-state index in [-0.39, 0.29) is 24.0 Å². The van der Waals surface area contributed by atoms with Gasteiger partial charge in [-0.15, -0.1) is 0 Å². The van der Waals surface area contributed by atoms with Gasteiger partial charge in [0.05, 0.1) is 26.3 Å². The second-order valence-electron chi connectivity index (χ2n) is 7.52. The Morgan fingerprint density at radius 3 is 2.24 bits per heavy atom. The van der Waals surface area contributed by atoms with Crippen molar-refractivity contribution < 1.29 is 24.2 Å². The van der Waals surface area contributed by atoms with Gasteiger partial charge in [-0.3, -0.25) is 9.59 Å². The molecule has 0 bridgehead atoms. The summed E-state index contributed by atoms with van der Waals surface area (Å²) in [5.41, 5.74) is 2.67. The molecular weight excluding hydrogens is 420 g/mol. The van der Waals surface area contributed by atoms with Gasteiger partial charge < -0.3 is 24.5 Å². The number of rotatable bonds is 8. The molecule has 0 unspecified atom stereocenters. The number of amides is 1. The topological polar surface area (TPSA) is 89.8 Å². The van der Waals surface area contributed by atoms with E-state index in [4.69, 9.17) is 9.47 Å². The minimum atomic E-state index is -0.368. The van der Waals surface area contributed by atoms with Gasteiger partial charge in [-0.2, -0.15) is 0 Å². The van der Waals surface area contributed by atoms with Crippen LogP contribution >= 0.6 is 0 Å². The summed E-state index contributed by atoms with van der Waals surface area (Å²) >= 11 is 0. The van der Waals surface area contributed by atoms with Gasteiger partial charge >= 0.3 is 0 Å². The van der Waals surface area contributed by atoms with Gasteiger partial charge in [-0.05, 0) is 42.0 Å². The molecule has 0 radical (unpaired) electrons. The molecule has 0 aliphatic heterocycles. The van der Waals surface area contributed by atoms with Crippen LogP contribution in [0.25, 0.3) is 10.9 Å². The molecule has 7 heteroatoms. The highest BCUT2D eigenvalue weighted by atomic mass is 16.5. The molecule has 33 heavy (non-hydrogen) atoms. The number of ketones is 1. The fourth-order valence-corrected chi connectivity index (χ4v) is 3.71. The number of nitrogens with zero attached hydrogens (tertiary/aromatic N) is 1. The Morgan fingerprint density at radius 2 is 1.58 bits per heavy atom. The van der Waals surface area contributed by atoms with Crippen LogP contribution in [0.15, 0.2) is 72.8 Å². The number of nitrogens with one attached hydrogen (secondary N) is 1. The fourth-order valence-electron chi connectivity index (χ4n) is 3.71.